The third-order valence-electron chi connectivity index (χ3n) is 4.64. The number of aryl methyl sites for hydroxylation is 2. The molecule has 4 rings (SSSR count). The number of H-pyrrole nitrogens is 1. The summed E-state index contributed by atoms with van der Waals surface area (Å²) in [6, 6.07) is 7.35. The molecule has 1 aromatic carbocycles. The standard InChI is InChI=1S/C19H19ClN4OS/c1-11-17(26-12(2)21-11)10-24-8-7-15-16(9-24)22-18(23-19(15)25)13-3-5-14(20)6-4-13/h3-6H,7-10H2,1-2H3,(H,22,23,25). The predicted octanol–water partition coefficient (Wildman–Crippen LogP) is 3.72. The van der Waals surface area contributed by atoms with Crippen molar-refractivity contribution in [3.05, 3.63) is 66.5 Å². The van der Waals surface area contributed by atoms with Gasteiger partial charge in [-0.1, -0.05) is 11.6 Å². The number of fused-ring (bicyclic) bond motifs is 1. The molecule has 134 valence electrons. The average Bonchev–Trinajstić information content (AvgIpc) is 2.92. The first-order valence-electron chi connectivity index (χ1n) is 8.53. The van der Waals surface area contributed by atoms with Gasteiger partial charge in [-0.05, 0) is 44.5 Å². The highest BCUT2D eigenvalue weighted by molar-refractivity contribution is 7.11. The molecule has 3 heterocycles. The van der Waals surface area contributed by atoms with Gasteiger partial charge in [0.25, 0.3) is 5.56 Å². The highest BCUT2D eigenvalue weighted by atomic mass is 35.5. The fraction of sp³-hybridized carbons (Fsp3) is 0.316. The summed E-state index contributed by atoms with van der Waals surface area (Å²) in [5.41, 5.74) is 3.59. The maximum Gasteiger partial charge on any atom is 0.254 e. The Morgan fingerprint density at radius 2 is 2.00 bits per heavy atom. The second-order valence-electron chi connectivity index (χ2n) is 6.55. The van der Waals surface area contributed by atoms with E-state index in [9.17, 15) is 4.79 Å². The summed E-state index contributed by atoms with van der Waals surface area (Å²) in [5.74, 6) is 0.595. The van der Waals surface area contributed by atoms with Gasteiger partial charge in [-0.15, -0.1) is 11.3 Å². The van der Waals surface area contributed by atoms with Crippen LogP contribution in [0.4, 0.5) is 0 Å². The SMILES string of the molecule is Cc1nc(C)c(CN2CCc3c(nc(-c4ccc(Cl)cc4)[nH]c3=O)C2)s1. The number of aromatic nitrogens is 3. The molecule has 2 aromatic heterocycles. The highest BCUT2D eigenvalue weighted by Crippen LogP contribution is 2.24. The molecule has 1 N–H and O–H groups in total. The molecule has 1 aliphatic rings. The van der Waals surface area contributed by atoms with Gasteiger partial charge in [0.2, 0.25) is 0 Å². The topological polar surface area (TPSA) is 61.9 Å². The van der Waals surface area contributed by atoms with E-state index in [4.69, 9.17) is 16.6 Å². The van der Waals surface area contributed by atoms with Crippen molar-refractivity contribution in [3.63, 3.8) is 0 Å². The van der Waals surface area contributed by atoms with E-state index < -0.39 is 0 Å². The Kier molecular flexibility index (Phi) is 4.65. The summed E-state index contributed by atoms with van der Waals surface area (Å²) in [5, 5.41) is 1.75. The summed E-state index contributed by atoms with van der Waals surface area (Å²) in [7, 11) is 0. The number of nitrogens with zero attached hydrogens (tertiary/aromatic N) is 3. The molecular weight excluding hydrogens is 368 g/mol. The van der Waals surface area contributed by atoms with Crippen molar-refractivity contribution in [2.75, 3.05) is 6.54 Å². The van der Waals surface area contributed by atoms with Crippen LogP contribution in [0.25, 0.3) is 11.4 Å². The van der Waals surface area contributed by atoms with Crippen LogP contribution in [0.15, 0.2) is 29.1 Å². The quantitative estimate of drug-likeness (QED) is 0.745. The molecule has 26 heavy (non-hydrogen) atoms. The number of nitrogens with one attached hydrogen (secondary N) is 1. The van der Waals surface area contributed by atoms with Gasteiger partial charge >= 0.3 is 0 Å². The largest absolute Gasteiger partial charge is 0.306 e. The van der Waals surface area contributed by atoms with Crippen LogP contribution in [0.1, 0.15) is 26.8 Å². The van der Waals surface area contributed by atoms with Crippen LogP contribution >= 0.6 is 22.9 Å². The van der Waals surface area contributed by atoms with Gasteiger partial charge in [0, 0.05) is 40.7 Å². The minimum absolute atomic E-state index is 0.0376. The Morgan fingerprint density at radius 1 is 1.23 bits per heavy atom. The zero-order valence-electron chi connectivity index (χ0n) is 14.7. The Morgan fingerprint density at radius 3 is 2.69 bits per heavy atom. The van der Waals surface area contributed by atoms with E-state index in [-0.39, 0.29) is 5.56 Å². The molecule has 0 aliphatic carbocycles. The summed E-state index contributed by atoms with van der Waals surface area (Å²) < 4.78 is 0. The molecule has 0 bridgehead atoms. The van der Waals surface area contributed by atoms with Crippen molar-refractivity contribution >= 4 is 22.9 Å². The van der Waals surface area contributed by atoms with Crippen LogP contribution in [-0.2, 0) is 19.5 Å². The number of aromatic amines is 1. The van der Waals surface area contributed by atoms with Gasteiger partial charge < -0.3 is 4.98 Å². The van der Waals surface area contributed by atoms with Crippen LogP contribution in [-0.4, -0.2) is 26.4 Å². The molecule has 0 spiro atoms. The van der Waals surface area contributed by atoms with Crippen LogP contribution in [0.2, 0.25) is 5.02 Å². The van der Waals surface area contributed by atoms with Crippen LogP contribution in [0.3, 0.4) is 0 Å². The Hall–Kier alpha value is -2.02. The lowest BCUT2D eigenvalue weighted by molar-refractivity contribution is 0.242. The molecule has 7 heteroatoms. The van der Waals surface area contributed by atoms with Crippen LogP contribution < -0.4 is 5.56 Å². The lowest BCUT2D eigenvalue weighted by atomic mass is 10.1. The summed E-state index contributed by atoms with van der Waals surface area (Å²) in [6.45, 7) is 6.47. The molecule has 0 saturated carbocycles. The minimum Gasteiger partial charge on any atom is -0.306 e. The highest BCUT2D eigenvalue weighted by Gasteiger charge is 2.22. The smallest absolute Gasteiger partial charge is 0.254 e. The average molecular weight is 387 g/mol. The van der Waals surface area contributed by atoms with Crippen molar-refractivity contribution in [3.8, 4) is 11.4 Å². The molecular formula is C19H19ClN4OS. The number of halogens is 1. The number of hydrogen-bond donors (Lipinski definition) is 1. The molecule has 0 unspecified atom stereocenters. The molecule has 3 aromatic rings. The molecule has 0 saturated heterocycles. The van der Waals surface area contributed by atoms with Gasteiger partial charge in [0.15, 0.2) is 0 Å². The van der Waals surface area contributed by atoms with Crippen molar-refractivity contribution in [1.29, 1.82) is 0 Å². The molecule has 5 nitrogen and oxygen atoms in total. The summed E-state index contributed by atoms with van der Waals surface area (Å²) in [4.78, 5) is 28.3. The first kappa shape index (κ1) is 17.4. The maximum absolute atomic E-state index is 12.5. The lowest BCUT2D eigenvalue weighted by Crippen LogP contribution is -2.35. The monoisotopic (exact) mass is 386 g/mol. The third-order valence-corrected chi connectivity index (χ3v) is 5.95. The number of benzene rings is 1. The fourth-order valence-corrected chi connectivity index (χ4v) is 4.40. The normalized spacial score (nSPS) is 14.4. The van der Waals surface area contributed by atoms with Crippen molar-refractivity contribution < 1.29 is 0 Å². The van der Waals surface area contributed by atoms with Gasteiger partial charge in [-0.3, -0.25) is 9.69 Å². The number of thiazole rings is 1. The van der Waals surface area contributed by atoms with E-state index in [0.717, 1.165) is 47.0 Å². The van der Waals surface area contributed by atoms with E-state index in [2.05, 4.69) is 21.8 Å². The number of rotatable bonds is 3. The summed E-state index contributed by atoms with van der Waals surface area (Å²) >= 11 is 7.69. The zero-order chi connectivity index (χ0) is 18.3. The van der Waals surface area contributed by atoms with E-state index in [1.807, 2.05) is 19.1 Å². The summed E-state index contributed by atoms with van der Waals surface area (Å²) in [6.07, 6.45) is 0.718. The van der Waals surface area contributed by atoms with Crippen molar-refractivity contribution in [2.45, 2.75) is 33.4 Å². The Bertz CT molecular complexity index is 1010. The molecule has 0 fully saturated rings. The lowest BCUT2D eigenvalue weighted by Gasteiger charge is -2.27. The second-order valence-corrected chi connectivity index (χ2v) is 8.27. The van der Waals surface area contributed by atoms with E-state index in [1.165, 1.54) is 4.88 Å². The predicted molar refractivity (Wildman–Crippen MR) is 105 cm³/mol. The van der Waals surface area contributed by atoms with Gasteiger partial charge in [-0.2, -0.15) is 0 Å². The Labute approximate surface area is 160 Å². The number of hydrogen-bond acceptors (Lipinski definition) is 5. The minimum atomic E-state index is -0.0376. The fourth-order valence-electron chi connectivity index (χ4n) is 3.30. The van der Waals surface area contributed by atoms with E-state index >= 15 is 0 Å². The Balaban J connectivity index is 1.62. The van der Waals surface area contributed by atoms with E-state index in [1.54, 1.807) is 23.5 Å². The van der Waals surface area contributed by atoms with Crippen LogP contribution in [0, 0.1) is 13.8 Å². The molecule has 0 atom stereocenters. The molecule has 1 aliphatic heterocycles. The first-order valence-corrected chi connectivity index (χ1v) is 9.72. The molecule has 0 amide bonds. The van der Waals surface area contributed by atoms with Gasteiger partial charge in [0.1, 0.15) is 5.82 Å². The van der Waals surface area contributed by atoms with Gasteiger partial charge in [-0.25, -0.2) is 9.97 Å². The maximum atomic E-state index is 12.5. The van der Waals surface area contributed by atoms with Crippen LogP contribution in [0.5, 0.6) is 0 Å². The van der Waals surface area contributed by atoms with Gasteiger partial charge in [0.05, 0.1) is 16.4 Å². The zero-order valence-corrected chi connectivity index (χ0v) is 16.2. The molecule has 0 radical (unpaired) electrons. The van der Waals surface area contributed by atoms with E-state index in [0.29, 0.717) is 17.4 Å². The first-order chi connectivity index (χ1) is 12.5. The second kappa shape index (κ2) is 6.95. The third kappa shape index (κ3) is 3.45. The van der Waals surface area contributed by atoms with Crippen molar-refractivity contribution in [2.24, 2.45) is 0 Å². The van der Waals surface area contributed by atoms with Crippen molar-refractivity contribution in [1.82, 2.24) is 19.9 Å².